The number of thioether (sulfide) groups is 1. The first-order chi connectivity index (χ1) is 12.7. The van der Waals surface area contributed by atoms with Crippen LogP contribution in [0, 0.1) is 0 Å². The molecule has 0 spiro atoms. The molecule has 1 heterocycles. The van der Waals surface area contributed by atoms with Crippen LogP contribution in [0.4, 0.5) is 5.13 Å². The Kier molecular flexibility index (Phi) is 6.91. The smallest absolute Gasteiger partial charge is 0.267 e. The number of anilines is 1. The van der Waals surface area contributed by atoms with Crippen LogP contribution in [0.2, 0.25) is 0 Å². The van der Waals surface area contributed by atoms with E-state index in [-0.39, 0.29) is 5.91 Å². The summed E-state index contributed by atoms with van der Waals surface area (Å²) in [5.41, 5.74) is 2.76. The summed E-state index contributed by atoms with van der Waals surface area (Å²) in [4.78, 5) is 12.6. The topological polar surface area (TPSA) is 64.1 Å². The van der Waals surface area contributed by atoms with Crippen LogP contribution in [0.5, 0.6) is 5.75 Å². The van der Waals surface area contributed by atoms with Crippen molar-refractivity contribution in [2.45, 2.75) is 62.8 Å². The lowest BCUT2D eigenvalue weighted by Crippen LogP contribution is -2.32. The number of hydrogen-bond donors (Lipinski definition) is 1. The molecule has 1 unspecified atom stereocenters. The van der Waals surface area contributed by atoms with Gasteiger partial charge in [0.25, 0.3) is 5.91 Å². The van der Waals surface area contributed by atoms with E-state index in [4.69, 9.17) is 4.74 Å². The summed E-state index contributed by atoms with van der Waals surface area (Å²) in [6, 6.07) is 6.20. The van der Waals surface area contributed by atoms with Crippen molar-refractivity contribution in [1.82, 2.24) is 10.2 Å². The SMILES string of the molecule is CCCSc1nnc(NC(=O)C(CC)Oc2ccc3c(c2)CCCC3)s1. The van der Waals surface area contributed by atoms with Crippen LogP contribution in [0.1, 0.15) is 50.7 Å². The number of aryl methyl sites for hydroxylation is 2. The van der Waals surface area contributed by atoms with E-state index in [2.05, 4.69) is 34.6 Å². The van der Waals surface area contributed by atoms with Gasteiger partial charge in [-0.1, -0.05) is 43.0 Å². The Morgan fingerprint density at radius 3 is 2.85 bits per heavy atom. The molecule has 0 aliphatic heterocycles. The Bertz CT molecular complexity index is 748. The molecular weight excluding hydrogens is 366 g/mol. The van der Waals surface area contributed by atoms with Crippen molar-refractivity contribution in [3.8, 4) is 5.75 Å². The highest BCUT2D eigenvalue weighted by Crippen LogP contribution is 2.28. The maximum absolute atomic E-state index is 12.6. The van der Waals surface area contributed by atoms with Crippen molar-refractivity contribution in [3.63, 3.8) is 0 Å². The highest BCUT2D eigenvalue weighted by molar-refractivity contribution is 8.01. The lowest BCUT2D eigenvalue weighted by atomic mass is 9.92. The fourth-order valence-corrected chi connectivity index (χ4v) is 4.64. The number of amides is 1. The molecule has 5 nitrogen and oxygen atoms in total. The van der Waals surface area contributed by atoms with Gasteiger partial charge >= 0.3 is 0 Å². The van der Waals surface area contributed by atoms with E-state index >= 15 is 0 Å². The molecule has 7 heteroatoms. The maximum atomic E-state index is 12.6. The molecule has 26 heavy (non-hydrogen) atoms. The molecule has 1 aromatic carbocycles. The van der Waals surface area contributed by atoms with E-state index in [9.17, 15) is 4.79 Å². The maximum Gasteiger partial charge on any atom is 0.267 e. The molecule has 1 aromatic heterocycles. The molecule has 1 aliphatic rings. The zero-order valence-electron chi connectivity index (χ0n) is 15.3. The molecule has 0 bridgehead atoms. The molecule has 3 rings (SSSR count). The summed E-state index contributed by atoms with van der Waals surface area (Å²) in [6.45, 7) is 4.08. The molecule has 1 amide bonds. The van der Waals surface area contributed by atoms with E-state index in [1.54, 1.807) is 11.8 Å². The van der Waals surface area contributed by atoms with Crippen LogP contribution in [0.3, 0.4) is 0 Å². The average Bonchev–Trinajstić information content (AvgIpc) is 3.11. The van der Waals surface area contributed by atoms with Crippen molar-refractivity contribution in [3.05, 3.63) is 29.3 Å². The molecule has 1 aliphatic carbocycles. The Morgan fingerprint density at radius 1 is 1.27 bits per heavy atom. The summed E-state index contributed by atoms with van der Waals surface area (Å²) in [7, 11) is 0. The number of carbonyl (C=O) groups excluding carboxylic acids is 1. The quantitative estimate of drug-likeness (QED) is 0.521. The van der Waals surface area contributed by atoms with Crippen molar-refractivity contribution in [2.75, 3.05) is 11.1 Å². The summed E-state index contributed by atoms with van der Waals surface area (Å²) in [6.07, 6.45) is 5.86. The van der Waals surface area contributed by atoms with E-state index in [1.165, 1.54) is 35.3 Å². The van der Waals surface area contributed by atoms with Crippen LogP contribution < -0.4 is 10.1 Å². The van der Waals surface area contributed by atoms with Gasteiger partial charge in [-0.2, -0.15) is 0 Å². The predicted molar refractivity (Wildman–Crippen MR) is 107 cm³/mol. The van der Waals surface area contributed by atoms with Gasteiger partial charge in [0.05, 0.1) is 0 Å². The van der Waals surface area contributed by atoms with Gasteiger partial charge in [-0.25, -0.2) is 0 Å². The lowest BCUT2D eigenvalue weighted by Gasteiger charge is -2.20. The summed E-state index contributed by atoms with van der Waals surface area (Å²) in [5, 5.41) is 11.5. The molecule has 0 fully saturated rings. The first kappa shape index (κ1) is 19.2. The van der Waals surface area contributed by atoms with Crippen molar-refractivity contribution >= 4 is 34.1 Å². The van der Waals surface area contributed by atoms with Crippen molar-refractivity contribution in [1.29, 1.82) is 0 Å². The lowest BCUT2D eigenvalue weighted by molar-refractivity contribution is -0.122. The molecule has 0 saturated heterocycles. The van der Waals surface area contributed by atoms with Gasteiger partial charge in [-0.05, 0) is 61.8 Å². The second kappa shape index (κ2) is 9.37. The minimum absolute atomic E-state index is 0.173. The number of rotatable bonds is 8. The minimum atomic E-state index is -0.535. The average molecular weight is 392 g/mol. The van der Waals surface area contributed by atoms with Gasteiger partial charge in [0, 0.05) is 5.75 Å². The number of fused-ring (bicyclic) bond motifs is 1. The third-order valence-corrected chi connectivity index (χ3v) is 6.51. The summed E-state index contributed by atoms with van der Waals surface area (Å²) < 4.78 is 6.85. The van der Waals surface area contributed by atoms with Crippen molar-refractivity contribution < 1.29 is 9.53 Å². The van der Waals surface area contributed by atoms with Gasteiger partial charge in [0.15, 0.2) is 10.4 Å². The molecule has 0 radical (unpaired) electrons. The van der Waals surface area contributed by atoms with E-state index in [1.807, 2.05) is 13.0 Å². The number of ether oxygens (including phenoxy) is 1. The second-order valence-electron chi connectivity index (χ2n) is 6.36. The molecule has 140 valence electrons. The fourth-order valence-electron chi connectivity index (χ4n) is 2.96. The summed E-state index contributed by atoms with van der Waals surface area (Å²) in [5.74, 6) is 1.60. The first-order valence-electron chi connectivity index (χ1n) is 9.25. The number of benzene rings is 1. The number of carbonyl (C=O) groups is 1. The minimum Gasteiger partial charge on any atom is -0.481 e. The van der Waals surface area contributed by atoms with Gasteiger partial charge < -0.3 is 4.74 Å². The zero-order valence-corrected chi connectivity index (χ0v) is 16.9. The van der Waals surface area contributed by atoms with E-state index in [0.717, 1.165) is 35.1 Å². The molecular formula is C19H25N3O2S2. The summed E-state index contributed by atoms with van der Waals surface area (Å²) >= 11 is 3.07. The van der Waals surface area contributed by atoms with E-state index in [0.29, 0.717) is 11.6 Å². The molecule has 1 N–H and O–H groups in total. The Labute approximate surface area is 162 Å². The number of nitrogens with zero attached hydrogens (tertiary/aromatic N) is 2. The monoisotopic (exact) mass is 391 g/mol. The van der Waals surface area contributed by atoms with Gasteiger partial charge in [-0.3, -0.25) is 10.1 Å². The zero-order chi connectivity index (χ0) is 18.4. The highest BCUT2D eigenvalue weighted by atomic mass is 32.2. The largest absolute Gasteiger partial charge is 0.481 e. The number of nitrogens with one attached hydrogen (secondary N) is 1. The third kappa shape index (κ3) is 4.98. The van der Waals surface area contributed by atoms with Crippen LogP contribution >= 0.6 is 23.1 Å². The molecule has 0 saturated carbocycles. The Balaban J connectivity index is 1.61. The predicted octanol–water partition coefficient (Wildman–Crippen LogP) is 4.72. The van der Waals surface area contributed by atoms with Crippen LogP contribution in [0.15, 0.2) is 22.5 Å². The molecule has 2 aromatic rings. The van der Waals surface area contributed by atoms with Gasteiger partial charge in [-0.15, -0.1) is 10.2 Å². The number of hydrogen-bond acceptors (Lipinski definition) is 6. The Hall–Kier alpha value is -1.60. The van der Waals surface area contributed by atoms with Gasteiger partial charge in [0.2, 0.25) is 5.13 Å². The normalized spacial score (nSPS) is 14.5. The second-order valence-corrected chi connectivity index (χ2v) is 8.68. The van der Waals surface area contributed by atoms with E-state index < -0.39 is 6.10 Å². The fraction of sp³-hybridized carbons (Fsp3) is 0.526. The van der Waals surface area contributed by atoms with Crippen LogP contribution in [-0.4, -0.2) is 28.0 Å². The molecule has 1 atom stereocenters. The standard InChI is InChI=1S/C19H25N3O2S2/c1-3-11-25-19-22-21-18(26-19)20-17(23)16(4-2)24-15-10-9-13-7-5-6-8-14(13)12-15/h9-10,12,16H,3-8,11H2,1-2H3,(H,20,21,23). The Morgan fingerprint density at radius 2 is 2.08 bits per heavy atom. The number of aromatic nitrogens is 2. The van der Waals surface area contributed by atoms with Crippen molar-refractivity contribution in [2.24, 2.45) is 0 Å². The van der Waals surface area contributed by atoms with Gasteiger partial charge in [0.1, 0.15) is 5.75 Å². The van der Waals surface area contributed by atoms with Crippen LogP contribution in [-0.2, 0) is 17.6 Å². The van der Waals surface area contributed by atoms with Crippen LogP contribution in [0.25, 0.3) is 0 Å². The third-order valence-electron chi connectivity index (χ3n) is 4.33. The first-order valence-corrected chi connectivity index (χ1v) is 11.1. The highest BCUT2D eigenvalue weighted by Gasteiger charge is 2.21.